The summed E-state index contributed by atoms with van der Waals surface area (Å²) in [4.78, 5) is 17.0. The second kappa shape index (κ2) is 7.64. The highest BCUT2D eigenvalue weighted by Crippen LogP contribution is 2.25. The Kier molecular flexibility index (Phi) is 4.89. The number of aromatic nitrogens is 2. The second-order valence-corrected chi connectivity index (χ2v) is 6.68. The van der Waals surface area contributed by atoms with E-state index in [-0.39, 0.29) is 5.56 Å². The van der Waals surface area contributed by atoms with E-state index in [4.69, 9.17) is 4.98 Å². The lowest BCUT2D eigenvalue weighted by molar-refractivity contribution is 0.0948. The number of imidazole rings is 1. The highest BCUT2D eigenvalue weighted by molar-refractivity contribution is 5.94. The van der Waals surface area contributed by atoms with E-state index >= 15 is 0 Å². The summed E-state index contributed by atoms with van der Waals surface area (Å²) >= 11 is 0. The number of carbonyl (C=O) groups is 1. The van der Waals surface area contributed by atoms with Crippen molar-refractivity contribution in [3.8, 4) is 11.4 Å². The Bertz CT molecular complexity index is 1130. The van der Waals surface area contributed by atoms with Crippen molar-refractivity contribution in [2.24, 2.45) is 0 Å². The van der Waals surface area contributed by atoms with Gasteiger partial charge in [0.25, 0.3) is 5.91 Å². The van der Waals surface area contributed by atoms with Gasteiger partial charge in [0.05, 0.1) is 16.6 Å². The molecule has 140 valence electrons. The first-order valence-electron chi connectivity index (χ1n) is 9.18. The summed E-state index contributed by atoms with van der Waals surface area (Å²) in [6.45, 7) is 2.95. The van der Waals surface area contributed by atoms with Crippen molar-refractivity contribution in [3.05, 3.63) is 89.7 Å². The number of hydrogen-bond acceptors (Lipinski definition) is 2. The molecule has 0 aliphatic rings. The van der Waals surface area contributed by atoms with Crippen LogP contribution in [0.25, 0.3) is 22.4 Å². The molecule has 0 aliphatic heterocycles. The minimum Gasteiger partial charge on any atom is -0.350 e. The zero-order valence-corrected chi connectivity index (χ0v) is 15.5. The summed E-state index contributed by atoms with van der Waals surface area (Å²) in [5.74, 6) is -0.0887. The lowest BCUT2D eigenvalue weighted by Crippen LogP contribution is -2.28. The zero-order chi connectivity index (χ0) is 19.5. The molecule has 3 aromatic carbocycles. The van der Waals surface area contributed by atoms with E-state index in [1.165, 1.54) is 17.7 Å². The highest BCUT2D eigenvalue weighted by atomic mass is 19.1. The van der Waals surface area contributed by atoms with Crippen molar-refractivity contribution >= 4 is 16.9 Å². The van der Waals surface area contributed by atoms with Crippen LogP contribution in [-0.2, 0) is 6.54 Å². The third-order valence-electron chi connectivity index (χ3n) is 4.70. The number of para-hydroxylation sites is 2. The Labute approximate surface area is 162 Å². The van der Waals surface area contributed by atoms with Gasteiger partial charge in [-0.2, -0.15) is 0 Å². The summed E-state index contributed by atoms with van der Waals surface area (Å²) in [6.07, 6.45) is 0. The van der Waals surface area contributed by atoms with Gasteiger partial charge >= 0.3 is 0 Å². The number of nitrogens with zero attached hydrogens (tertiary/aromatic N) is 2. The molecule has 0 aliphatic carbocycles. The van der Waals surface area contributed by atoms with Crippen LogP contribution in [0.3, 0.4) is 0 Å². The van der Waals surface area contributed by atoms with Crippen molar-refractivity contribution in [3.63, 3.8) is 0 Å². The molecule has 0 bridgehead atoms. The SMILES string of the molecule is Cc1ccc(-c2nc3ccccc3n2CCNC(=O)c2ccccc2F)cc1. The van der Waals surface area contributed by atoms with Gasteiger partial charge in [0.1, 0.15) is 11.6 Å². The number of carbonyl (C=O) groups excluding carboxylic acids is 1. The third kappa shape index (κ3) is 3.51. The van der Waals surface area contributed by atoms with Crippen molar-refractivity contribution in [2.45, 2.75) is 13.5 Å². The second-order valence-electron chi connectivity index (χ2n) is 6.68. The van der Waals surface area contributed by atoms with Gasteiger partial charge in [0, 0.05) is 18.7 Å². The summed E-state index contributed by atoms with van der Waals surface area (Å²) in [5, 5.41) is 2.80. The number of halogens is 1. The molecule has 4 nitrogen and oxygen atoms in total. The predicted octanol–water partition coefficient (Wildman–Crippen LogP) is 4.58. The van der Waals surface area contributed by atoms with Crippen LogP contribution >= 0.6 is 0 Å². The smallest absolute Gasteiger partial charge is 0.254 e. The third-order valence-corrected chi connectivity index (χ3v) is 4.70. The van der Waals surface area contributed by atoms with Gasteiger partial charge in [-0.1, -0.05) is 54.1 Å². The van der Waals surface area contributed by atoms with Crippen LogP contribution in [0.2, 0.25) is 0 Å². The summed E-state index contributed by atoms with van der Waals surface area (Å²) in [7, 11) is 0. The largest absolute Gasteiger partial charge is 0.350 e. The number of fused-ring (bicyclic) bond motifs is 1. The maximum atomic E-state index is 13.8. The quantitative estimate of drug-likeness (QED) is 0.557. The average Bonchev–Trinajstić information content (AvgIpc) is 3.07. The maximum Gasteiger partial charge on any atom is 0.254 e. The predicted molar refractivity (Wildman–Crippen MR) is 109 cm³/mol. The Morgan fingerprint density at radius 3 is 2.50 bits per heavy atom. The van der Waals surface area contributed by atoms with E-state index < -0.39 is 11.7 Å². The molecule has 28 heavy (non-hydrogen) atoms. The lowest BCUT2D eigenvalue weighted by Gasteiger charge is -2.11. The molecule has 4 rings (SSSR count). The normalized spacial score (nSPS) is 10.9. The number of rotatable bonds is 5. The number of hydrogen-bond donors (Lipinski definition) is 1. The molecule has 0 atom stereocenters. The molecular formula is C23H20FN3O. The van der Waals surface area contributed by atoms with Gasteiger partial charge in [-0.05, 0) is 31.2 Å². The average molecular weight is 373 g/mol. The van der Waals surface area contributed by atoms with E-state index in [9.17, 15) is 9.18 Å². The Hall–Kier alpha value is -3.47. The van der Waals surface area contributed by atoms with E-state index in [0.29, 0.717) is 13.1 Å². The fourth-order valence-corrected chi connectivity index (χ4v) is 3.25. The molecule has 0 saturated carbocycles. The van der Waals surface area contributed by atoms with E-state index in [2.05, 4.69) is 22.0 Å². The number of aryl methyl sites for hydroxylation is 1. The molecule has 4 aromatic rings. The van der Waals surface area contributed by atoms with Crippen molar-refractivity contribution in [1.82, 2.24) is 14.9 Å². The Morgan fingerprint density at radius 2 is 1.71 bits per heavy atom. The van der Waals surface area contributed by atoms with Crippen LogP contribution in [0.5, 0.6) is 0 Å². The molecule has 1 aromatic heterocycles. The first kappa shape index (κ1) is 17.9. The molecular weight excluding hydrogens is 353 g/mol. The number of benzene rings is 3. The molecule has 0 spiro atoms. The monoisotopic (exact) mass is 373 g/mol. The van der Waals surface area contributed by atoms with Crippen LogP contribution in [0, 0.1) is 12.7 Å². The number of nitrogens with one attached hydrogen (secondary N) is 1. The van der Waals surface area contributed by atoms with Gasteiger partial charge in [-0.15, -0.1) is 0 Å². The van der Waals surface area contributed by atoms with Crippen molar-refractivity contribution < 1.29 is 9.18 Å². The van der Waals surface area contributed by atoms with Gasteiger partial charge in [-0.3, -0.25) is 4.79 Å². The molecule has 1 heterocycles. The van der Waals surface area contributed by atoms with Crippen LogP contribution in [0.4, 0.5) is 4.39 Å². The fraction of sp³-hybridized carbons (Fsp3) is 0.130. The Balaban J connectivity index is 1.59. The Morgan fingerprint density at radius 1 is 1.00 bits per heavy atom. The van der Waals surface area contributed by atoms with Crippen LogP contribution in [0.1, 0.15) is 15.9 Å². The first-order chi connectivity index (χ1) is 13.6. The standard InChI is InChI=1S/C23H20FN3O/c1-16-10-12-17(13-11-16)22-26-20-8-4-5-9-21(20)27(22)15-14-25-23(28)18-6-2-3-7-19(18)24/h2-13H,14-15H2,1H3,(H,25,28). The van der Waals surface area contributed by atoms with Crippen molar-refractivity contribution in [2.75, 3.05) is 6.54 Å². The number of amides is 1. The first-order valence-corrected chi connectivity index (χ1v) is 9.18. The molecule has 0 radical (unpaired) electrons. The minimum atomic E-state index is -0.520. The topological polar surface area (TPSA) is 46.9 Å². The maximum absolute atomic E-state index is 13.8. The molecule has 0 saturated heterocycles. The summed E-state index contributed by atoms with van der Waals surface area (Å²) in [6, 6.07) is 22.1. The van der Waals surface area contributed by atoms with Crippen LogP contribution < -0.4 is 5.32 Å². The van der Waals surface area contributed by atoms with Gasteiger partial charge in [0.15, 0.2) is 0 Å². The molecule has 5 heteroatoms. The summed E-state index contributed by atoms with van der Waals surface area (Å²) < 4.78 is 15.9. The molecule has 1 amide bonds. The zero-order valence-electron chi connectivity index (χ0n) is 15.5. The molecule has 0 unspecified atom stereocenters. The lowest BCUT2D eigenvalue weighted by atomic mass is 10.1. The van der Waals surface area contributed by atoms with E-state index in [1.807, 2.05) is 43.3 Å². The van der Waals surface area contributed by atoms with Gasteiger partial charge in [-0.25, -0.2) is 9.37 Å². The van der Waals surface area contributed by atoms with Gasteiger partial charge in [0.2, 0.25) is 0 Å². The van der Waals surface area contributed by atoms with Gasteiger partial charge < -0.3 is 9.88 Å². The van der Waals surface area contributed by atoms with Crippen LogP contribution in [-0.4, -0.2) is 22.0 Å². The fourth-order valence-electron chi connectivity index (χ4n) is 3.25. The van der Waals surface area contributed by atoms with Crippen molar-refractivity contribution in [1.29, 1.82) is 0 Å². The molecule has 1 N–H and O–H groups in total. The van der Waals surface area contributed by atoms with E-state index in [1.54, 1.807) is 12.1 Å². The minimum absolute atomic E-state index is 0.0525. The van der Waals surface area contributed by atoms with Crippen LogP contribution in [0.15, 0.2) is 72.8 Å². The molecule has 0 fully saturated rings. The highest BCUT2D eigenvalue weighted by Gasteiger charge is 2.14. The van der Waals surface area contributed by atoms with E-state index in [0.717, 1.165) is 22.4 Å². The summed E-state index contributed by atoms with van der Waals surface area (Å²) in [5.41, 5.74) is 4.15.